The van der Waals surface area contributed by atoms with Crippen molar-refractivity contribution in [3.05, 3.63) is 101 Å². The van der Waals surface area contributed by atoms with E-state index in [1.165, 1.54) is 7.11 Å². The molecule has 1 aliphatic carbocycles. The van der Waals surface area contributed by atoms with Crippen LogP contribution in [0, 0.1) is 23.7 Å². The molecule has 1 saturated carbocycles. The average molecular weight is 1180 g/mol. The molecule has 0 unspecified atom stereocenters. The Hall–Kier alpha value is -5.06. The van der Waals surface area contributed by atoms with Crippen molar-refractivity contribution in [2.75, 3.05) is 40.1 Å². The molecule has 5 amide bonds. The minimum Gasteiger partial charge on any atom is -0.387 e. The van der Waals surface area contributed by atoms with E-state index in [0.29, 0.717) is 42.0 Å². The summed E-state index contributed by atoms with van der Waals surface area (Å²) in [6.07, 6.45) is -4.67. The molecule has 4 fully saturated rings. The summed E-state index contributed by atoms with van der Waals surface area (Å²) in [5.74, 6) is -4.44. The lowest BCUT2D eigenvalue weighted by atomic mass is 9.77. The van der Waals surface area contributed by atoms with E-state index >= 15 is 0 Å². The zero-order valence-electron chi connectivity index (χ0n) is 50.2. The third kappa shape index (κ3) is 17.1. The number of anilines is 1. The van der Waals surface area contributed by atoms with Gasteiger partial charge in [0.15, 0.2) is 12.6 Å². The Bertz CT molecular complexity index is 2650. The largest absolute Gasteiger partial charge is 0.387 e. The molecule has 0 bridgehead atoms. The average Bonchev–Trinajstić information content (AvgIpc) is 3.96. The topological polar surface area (TPSA) is 247 Å². The summed E-state index contributed by atoms with van der Waals surface area (Å²) in [6.45, 7) is 12.7. The van der Waals surface area contributed by atoms with Gasteiger partial charge in [-0.1, -0.05) is 99.5 Å². The van der Waals surface area contributed by atoms with Crippen LogP contribution >= 0.6 is 11.6 Å². The third-order valence-corrected chi connectivity index (χ3v) is 17.9. The molecule has 3 aromatic rings. The number of nitrogens with zero attached hydrogens (tertiary/aromatic N) is 2. The van der Waals surface area contributed by atoms with Gasteiger partial charge in [-0.2, -0.15) is 0 Å². The lowest BCUT2D eigenvalue weighted by molar-refractivity contribution is -0.317. The molecule has 83 heavy (non-hydrogen) atoms. The second-order valence-corrected chi connectivity index (χ2v) is 25.2. The van der Waals surface area contributed by atoms with Crippen molar-refractivity contribution in [2.24, 2.45) is 23.7 Å². The number of benzene rings is 3. The summed E-state index contributed by atoms with van der Waals surface area (Å²) in [7, 11) is 6.95. The number of hydrogen-bond donors (Lipinski definition) is 7. The fraction of sp³-hybridized carbons (Fsp3) is 0.635. The number of aliphatic hydroxyl groups is 3. The summed E-state index contributed by atoms with van der Waals surface area (Å²) < 4.78 is 32.2. The number of aliphatic hydroxyl groups excluding tert-OH is 2. The Morgan fingerprint density at radius 3 is 2.24 bits per heavy atom. The van der Waals surface area contributed by atoms with Crippen LogP contribution in [0.2, 0.25) is 5.02 Å². The highest BCUT2D eigenvalue weighted by Crippen LogP contribution is 2.40. The minimum absolute atomic E-state index is 0.0675. The summed E-state index contributed by atoms with van der Waals surface area (Å²) in [6, 6.07) is 21.0. The maximum absolute atomic E-state index is 14.9. The predicted octanol–water partition coefficient (Wildman–Crippen LogP) is 5.57. The van der Waals surface area contributed by atoms with Crippen molar-refractivity contribution in [1.82, 2.24) is 25.8 Å². The molecule has 0 radical (unpaired) electrons. The second-order valence-electron chi connectivity index (χ2n) is 24.8. The number of halogens is 1. The highest BCUT2D eigenvalue weighted by molar-refractivity contribution is 6.31. The zero-order chi connectivity index (χ0) is 60.5. The Labute approximate surface area is 495 Å². The Morgan fingerprint density at radius 2 is 1.57 bits per heavy atom. The standard InChI is InChI=1S/C63H91ClN6O13/c1-36-33-62(6,78)57(83-61-54(73)50(69(8)9)28-37(2)80-61)38(3)55(82-53-34-63(7,79-11)56(74)40(5)81-53)39(4)58(75)68-48-23-17-21-46(48)59(76)66-45(32-52(72)70(10)35-36)29-42-24-26-44(27-25-42)65-60(77)49(31-43-20-15-16-22-47(43)64)67-51(71)30-41-18-13-12-14-19-41/h12-16,18-20,22,24-27,36-40,45-46,48-50,53-57,61,73-74,78H,17,21,23,28-35H2,1-11H3,(H,65,77)(H,66,76)(H,67,71)(H,68,75)/t36-,37-,38+,39-,40+,45-,46-,48-,49+,50+,53+,54-,55+,56+,57-,61+,62-,63-/m1/s1. The molecule has 3 aromatic carbocycles. The lowest BCUT2D eigenvalue weighted by Crippen LogP contribution is -2.61. The normalized spacial score (nSPS) is 34.6. The highest BCUT2D eigenvalue weighted by Gasteiger charge is 2.52. The molecule has 3 saturated heterocycles. The number of hydrogen-bond acceptors (Lipinski definition) is 14. The second kappa shape index (κ2) is 28.9. The van der Waals surface area contributed by atoms with Crippen molar-refractivity contribution in [1.29, 1.82) is 0 Å². The van der Waals surface area contributed by atoms with Crippen molar-refractivity contribution in [2.45, 2.75) is 197 Å². The highest BCUT2D eigenvalue weighted by atomic mass is 35.5. The van der Waals surface area contributed by atoms with Crippen LogP contribution in [-0.2, 0) is 66.9 Å². The molecular weight excluding hydrogens is 1080 g/mol. The number of rotatable bonds is 15. The van der Waals surface area contributed by atoms with Gasteiger partial charge in [0.2, 0.25) is 29.5 Å². The number of ether oxygens (including phenoxy) is 5. The summed E-state index contributed by atoms with van der Waals surface area (Å²) in [5, 5.41) is 48.7. The maximum atomic E-state index is 14.9. The van der Waals surface area contributed by atoms with Crippen LogP contribution in [0.1, 0.15) is 110 Å². The zero-order valence-corrected chi connectivity index (χ0v) is 51.0. The van der Waals surface area contributed by atoms with E-state index < -0.39 is 102 Å². The van der Waals surface area contributed by atoms with Gasteiger partial charge in [0.1, 0.15) is 18.2 Å². The van der Waals surface area contributed by atoms with Crippen molar-refractivity contribution < 1.29 is 63.0 Å². The molecule has 7 N–H and O–H groups in total. The number of amides is 5. The summed E-state index contributed by atoms with van der Waals surface area (Å²) in [4.78, 5) is 74.7. The van der Waals surface area contributed by atoms with Crippen LogP contribution in [0.3, 0.4) is 0 Å². The molecule has 3 heterocycles. The van der Waals surface area contributed by atoms with Crippen LogP contribution in [0.15, 0.2) is 78.9 Å². The Morgan fingerprint density at radius 1 is 0.880 bits per heavy atom. The van der Waals surface area contributed by atoms with Crippen LogP contribution in [0.4, 0.5) is 5.69 Å². The predicted molar refractivity (Wildman–Crippen MR) is 315 cm³/mol. The third-order valence-electron chi connectivity index (χ3n) is 17.5. The number of nitrogens with one attached hydrogen (secondary N) is 4. The van der Waals surface area contributed by atoms with Crippen LogP contribution in [0.25, 0.3) is 0 Å². The van der Waals surface area contributed by atoms with E-state index in [0.717, 1.165) is 11.1 Å². The van der Waals surface area contributed by atoms with Crippen molar-refractivity contribution in [3.63, 3.8) is 0 Å². The molecule has 7 rings (SSSR count). The molecule has 0 spiro atoms. The number of likely N-dealkylation sites (N-methyl/N-ethyl adjacent to an activating group) is 1. The maximum Gasteiger partial charge on any atom is 0.247 e. The van der Waals surface area contributed by atoms with E-state index in [4.69, 9.17) is 35.3 Å². The number of fused-ring (bicyclic) bond motifs is 1. The monoisotopic (exact) mass is 1170 g/mol. The fourth-order valence-corrected chi connectivity index (χ4v) is 13.1. The fourth-order valence-electron chi connectivity index (χ4n) is 12.8. The molecule has 19 nitrogen and oxygen atoms in total. The van der Waals surface area contributed by atoms with Crippen LogP contribution in [0.5, 0.6) is 0 Å². The van der Waals surface area contributed by atoms with Gasteiger partial charge >= 0.3 is 0 Å². The van der Waals surface area contributed by atoms with E-state index in [1.54, 1.807) is 63.9 Å². The number of methoxy groups -OCH3 is 1. The van der Waals surface area contributed by atoms with E-state index in [-0.39, 0.29) is 80.9 Å². The number of carbonyl (C=O) groups is 5. The first-order chi connectivity index (χ1) is 39.2. The first-order valence-electron chi connectivity index (χ1n) is 29.5. The quantitative estimate of drug-likeness (QED) is 0.0984. The summed E-state index contributed by atoms with van der Waals surface area (Å²) >= 11 is 6.52. The van der Waals surface area contributed by atoms with Crippen molar-refractivity contribution in [3.8, 4) is 0 Å². The molecule has 458 valence electrons. The van der Waals surface area contributed by atoms with E-state index in [9.17, 15) is 39.3 Å². The Balaban J connectivity index is 1.15. The first-order valence-corrected chi connectivity index (χ1v) is 29.9. The van der Waals surface area contributed by atoms with Gasteiger partial charge in [0, 0.05) is 74.7 Å². The van der Waals surface area contributed by atoms with Crippen LogP contribution in [-0.4, -0.2) is 174 Å². The van der Waals surface area contributed by atoms with E-state index in [1.807, 2.05) is 94.4 Å². The minimum atomic E-state index is -1.69. The van der Waals surface area contributed by atoms with Crippen molar-refractivity contribution >= 4 is 46.8 Å². The molecule has 18 atom stereocenters. The lowest BCUT2D eigenvalue weighted by Gasteiger charge is -2.49. The molecule has 4 aliphatic rings. The van der Waals surface area contributed by atoms with Gasteiger partial charge in [0.05, 0.1) is 53.9 Å². The summed E-state index contributed by atoms with van der Waals surface area (Å²) in [5.41, 5.74) is -0.0287. The van der Waals surface area contributed by atoms with Gasteiger partial charge < -0.3 is 70.1 Å². The SMILES string of the molecule is CO[C@]1(C)C[C@H](O[C@H]2[C@H](C)[C@@H](O[C@@H]3O[C@H](C)C[C@H](N(C)C)[C@H]3O)[C@](C)(O)C[C@@H](C)CN(C)C(=O)C[C@@H](Cc3ccc(NC(=O)[C@H](Cc4ccccc4Cl)NC(=O)Cc4ccccc4)cc3)NC(=O)[C@@H]3CCC[C@H]3NC(=O)[C@@H]2C)O[C@@H](C)[C@@H]1O. The molecule has 0 aromatic heterocycles. The van der Waals surface area contributed by atoms with Gasteiger partial charge in [0.25, 0.3) is 0 Å². The van der Waals surface area contributed by atoms with Gasteiger partial charge in [-0.15, -0.1) is 0 Å². The number of carbonyl (C=O) groups excluding carboxylic acids is 5. The van der Waals surface area contributed by atoms with E-state index in [2.05, 4.69) is 21.3 Å². The molecule has 3 aliphatic heterocycles. The molecule has 20 heteroatoms. The molecular formula is C63H91ClN6O13. The Kier molecular flexibility index (Phi) is 22.8. The van der Waals surface area contributed by atoms with Gasteiger partial charge in [-0.05, 0) is 115 Å². The van der Waals surface area contributed by atoms with Gasteiger partial charge in [-0.3, -0.25) is 24.0 Å². The van der Waals surface area contributed by atoms with Gasteiger partial charge in [-0.25, -0.2) is 0 Å². The first kappa shape index (κ1) is 65.5. The van der Waals surface area contributed by atoms with Crippen LogP contribution < -0.4 is 21.3 Å². The smallest absolute Gasteiger partial charge is 0.247 e.